The Morgan fingerprint density at radius 2 is 2.20 bits per heavy atom. The zero-order chi connectivity index (χ0) is 10.8. The predicted molar refractivity (Wildman–Crippen MR) is 52.2 cm³/mol. The molecule has 0 amide bonds. The number of ether oxygens (including phenoxy) is 1. The highest BCUT2D eigenvalue weighted by molar-refractivity contribution is 5.40. The fourth-order valence-electron chi connectivity index (χ4n) is 1.64. The molecule has 15 heavy (non-hydrogen) atoms. The van der Waals surface area contributed by atoms with Crippen molar-refractivity contribution < 1.29 is 14.9 Å². The number of nitriles is 1. The van der Waals surface area contributed by atoms with Gasteiger partial charge in [-0.2, -0.15) is 5.26 Å². The standard InChI is InChI=1S/C11H11NO3/c12-6-9(13)11(14)8-1-2-10-7(5-8)3-4-15-10/h1-2,5,9,11,13-14H,3-4H2. The zero-order valence-corrected chi connectivity index (χ0v) is 8.05. The van der Waals surface area contributed by atoms with E-state index in [1.807, 2.05) is 0 Å². The van der Waals surface area contributed by atoms with E-state index in [2.05, 4.69) is 0 Å². The smallest absolute Gasteiger partial charge is 0.170 e. The van der Waals surface area contributed by atoms with Gasteiger partial charge in [0.05, 0.1) is 12.7 Å². The summed E-state index contributed by atoms with van der Waals surface area (Å²) in [6.07, 6.45) is -1.73. The maximum absolute atomic E-state index is 9.61. The molecule has 0 saturated carbocycles. The molecule has 0 fully saturated rings. The number of aliphatic hydroxyl groups is 2. The molecule has 2 N–H and O–H groups in total. The summed E-state index contributed by atoms with van der Waals surface area (Å²) >= 11 is 0. The van der Waals surface area contributed by atoms with Crippen LogP contribution in [0.5, 0.6) is 5.75 Å². The van der Waals surface area contributed by atoms with Crippen LogP contribution in [0, 0.1) is 11.3 Å². The number of fused-ring (bicyclic) bond motifs is 1. The van der Waals surface area contributed by atoms with Gasteiger partial charge in [-0.15, -0.1) is 0 Å². The topological polar surface area (TPSA) is 73.5 Å². The van der Waals surface area contributed by atoms with E-state index in [1.54, 1.807) is 24.3 Å². The second kappa shape index (κ2) is 3.89. The van der Waals surface area contributed by atoms with E-state index in [1.165, 1.54) is 0 Å². The second-order valence-corrected chi connectivity index (χ2v) is 3.48. The van der Waals surface area contributed by atoms with Crippen molar-refractivity contribution in [1.29, 1.82) is 5.26 Å². The highest BCUT2D eigenvalue weighted by Crippen LogP contribution is 2.28. The lowest BCUT2D eigenvalue weighted by atomic mass is 10.0. The summed E-state index contributed by atoms with van der Waals surface area (Å²) in [7, 11) is 0. The van der Waals surface area contributed by atoms with Crippen molar-refractivity contribution in [2.75, 3.05) is 6.61 Å². The molecular weight excluding hydrogens is 194 g/mol. The fraction of sp³-hybridized carbons (Fsp3) is 0.364. The molecule has 0 radical (unpaired) electrons. The molecule has 1 aliphatic heterocycles. The lowest BCUT2D eigenvalue weighted by Crippen LogP contribution is -2.15. The van der Waals surface area contributed by atoms with E-state index in [-0.39, 0.29) is 0 Å². The quantitative estimate of drug-likeness (QED) is 0.691. The lowest BCUT2D eigenvalue weighted by molar-refractivity contribution is 0.0527. The first kappa shape index (κ1) is 9.97. The van der Waals surface area contributed by atoms with Crippen molar-refractivity contribution in [3.05, 3.63) is 29.3 Å². The van der Waals surface area contributed by atoms with Gasteiger partial charge in [-0.25, -0.2) is 0 Å². The third kappa shape index (κ3) is 1.80. The summed E-state index contributed by atoms with van der Waals surface area (Å²) in [5, 5.41) is 27.3. The maximum Gasteiger partial charge on any atom is 0.170 e. The largest absolute Gasteiger partial charge is 0.493 e. The van der Waals surface area contributed by atoms with Gasteiger partial charge in [0.1, 0.15) is 11.9 Å². The van der Waals surface area contributed by atoms with E-state index < -0.39 is 12.2 Å². The van der Waals surface area contributed by atoms with Crippen molar-refractivity contribution in [2.24, 2.45) is 0 Å². The number of hydrogen-bond acceptors (Lipinski definition) is 4. The summed E-state index contributed by atoms with van der Waals surface area (Å²) in [6, 6.07) is 6.79. The van der Waals surface area contributed by atoms with Gasteiger partial charge in [-0.3, -0.25) is 0 Å². The van der Waals surface area contributed by atoms with Gasteiger partial charge in [0, 0.05) is 6.42 Å². The Labute approximate surface area is 87.3 Å². The molecule has 0 spiro atoms. The molecule has 0 saturated heterocycles. The van der Waals surface area contributed by atoms with E-state index >= 15 is 0 Å². The van der Waals surface area contributed by atoms with Crippen LogP contribution in [0.1, 0.15) is 17.2 Å². The Morgan fingerprint density at radius 1 is 1.40 bits per heavy atom. The first-order chi connectivity index (χ1) is 7.22. The molecule has 2 atom stereocenters. The summed E-state index contributed by atoms with van der Waals surface area (Å²) < 4.78 is 5.31. The van der Waals surface area contributed by atoms with Gasteiger partial charge in [0.2, 0.25) is 0 Å². The molecule has 4 heteroatoms. The molecule has 0 bridgehead atoms. The molecule has 1 heterocycles. The van der Waals surface area contributed by atoms with Crippen molar-refractivity contribution in [3.63, 3.8) is 0 Å². The minimum atomic E-state index is -1.38. The van der Waals surface area contributed by atoms with Crippen LogP contribution in [0.25, 0.3) is 0 Å². The number of aliphatic hydroxyl groups excluding tert-OH is 2. The number of hydrogen-bond donors (Lipinski definition) is 2. The minimum Gasteiger partial charge on any atom is -0.493 e. The first-order valence-electron chi connectivity index (χ1n) is 4.74. The van der Waals surface area contributed by atoms with Gasteiger partial charge in [0.15, 0.2) is 6.10 Å². The van der Waals surface area contributed by atoms with Crippen LogP contribution in [0.4, 0.5) is 0 Å². The van der Waals surface area contributed by atoms with E-state index in [4.69, 9.17) is 10.00 Å². The monoisotopic (exact) mass is 205 g/mol. The minimum absolute atomic E-state index is 0.549. The molecule has 1 aliphatic rings. The predicted octanol–water partition coefficient (Wildman–Crippen LogP) is 0.539. The molecule has 2 unspecified atom stereocenters. The summed E-state index contributed by atoms with van der Waals surface area (Å²) in [5.41, 5.74) is 1.56. The molecule has 78 valence electrons. The SMILES string of the molecule is N#CC(O)C(O)c1ccc2c(c1)CCO2. The average Bonchev–Trinajstić information content (AvgIpc) is 2.73. The Hall–Kier alpha value is -1.57. The molecule has 1 aromatic rings. The van der Waals surface area contributed by atoms with Crippen molar-refractivity contribution in [1.82, 2.24) is 0 Å². The van der Waals surface area contributed by atoms with Gasteiger partial charge in [-0.05, 0) is 23.3 Å². The normalized spacial score (nSPS) is 17.4. The van der Waals surface area contributed by atoms with Gasteiger partial charge in [0.25, 0.3) is 0 Å². The van der Waals surface area contributed by atoms with Crippen LogP contribution in [-0.4, -0.2) is 22.9 Å². The second-order valence-electron chi connectivity index (χ2n) is 3.48. The molecule has 0 aromatic heterocycles. The number of nitrogens with zero attached hydrogens (tertiary/aromatic N) is 1. The Morgan fingerprint density at radius 3 is 2.93 bits per heavy atom. The van der Waals surface area contributed by atoms with Crippen LogP contribution >= 0.6 is 0 Å². The van der Waals surface area contributed by atoms with Crippen LogP contribution < -0.4 is 4.74 Å². The van der Waals surface area contributed by atoms with Crippen molar-refractivity contribution in [3.8, 4) is 11.8 Å². The van der Waals surface area contributed by atoms with Gasteiger partial charge < -0.3 is 14.9 Å². The summed E-state index contributed by atoms with van der Waals surface area (Å²) in [5.74, 6) is 0.817. The first-order valence-corrected chi connectivity index (χ1v) is 4.74. The van der Waals surface area contributed by atoms with Crippen molar-refractivity contribution in [2.45, 2.75) is 18.6 Å². The van der Waals surface area contributed by atoms with E-state index in [0.717, 1.165) is 17.7 Å². The molecule has 2 rings (SSSR count). The molecule has 4 nitrogen and oxygen atoms in total. The number of rotatable bonds is 2. The summed E-state index contributed by atoms with van der Waals surface area (Å²) in [4.78, 5) is 0. The third-order valence-electron chi connectivity index (χ3n) is 2.49. The van der Waals surface area contributed by atoms with E-state index in [0.29, 0.717) is 12.2 Å². The Bertz CT molecular complexity index is 411. The zero-order valence-electron chi connectivity index (χ0n) is 8.05. The van der Waals surface area contributed by atoms with Crippen LogP contribution in [0.3, 0.4) is 0 Å². The fourth-order valence-corrected chi connectivity index (χ4v) is 1.64. The lowest BCUT2D eigenvalue weighted by Gasteiger charge is -2.12. The van der Waals surface area contributed by atoms with Crippen LogP contribution in [0.15, 0.2) is 18.2 Å². The van der Waals surface area contributed by atoms with Gasteiger partial charge >= 0.3 is 0 Å². The molecule has 0 aliphatic carbocycles. The van der Waals surface area contributed by atoms with Crippen LogP contribution in [0.2, 0.25) is 0 Å². The Balaban J connectivity index is 2.27. The third-order valence-corrected chi connectivity index (χ3v) is 2.49. The maximum atomic E-state index is 9.61. The molecular formula is C11H11NO3. The molecule has 1 aromatic carbocycles. The van der Waals surface area contributed by atoms with Crippen LogP contribution in [-0.2, 0) is 6.42 Å². The highest BCUT2D eigenvalue weighted by atomic mass is 16.5. The highest BCUT2D eigenvalue weighted by Gasteiger charge is 2.20. The Kier molecular flexibility index (Phi) is 2.58. The number of benzene rings is 1. The van der Waals surface area contributed by atoms with Crippen molar-refractivity contribution >= 4 is 0 Å². The van der Waals surface area contributed by atoms with Gasteiger partial charge in [-0.1, -0.05) is 6.07 Å². The van der Waals surface area contributed by atoms with E-state index in [9.17, 15) is 10.2 Å². The average molecular weight is 205 g/mol. The summed E-state index contributed by atoms with van der Waals surface area (Å²) in [6.45, 7) is 0.648.